The molecule has 0 aliphatic carbocycles. The molecule has 0 saturated carbocycles. The van der Waals surface area contributed by atoms with Crippen LogP contribution in [0.25, 0.3) is 0 Å². The van der Waals surface area contributed by atoms with E-state index in [0.717, 1.165) is 12.8 Å². The Bertz CT molecular complexity index is 458. The molecular formula is C14H20N2O3. The standard InChI is InChI=1S/C14H20N2O3/c1-4-5-8-15-14(18)12-9-11(16-10(2)17)6-7-13(12)19-3/h6-7,9H,4-5,8H2,1-3H3,(H,15,18)(H,16,17). The van der Waals surface area contributed by atoms with Crippen LogP contribution in [0.3, 0.4) is 0 Å². The molecule has 0 unspecified atom stereocenters. The van der Waals surface area contributed by atoms with Gasteiger partial charge in [0.1, 0.15) is 5.75 Å². The van der Waals surface area contributed by atoms with E-state index in [1.165, 1.54) is 14.0 Å². The lowest BCUT2D eigenvalue weighted by Gasteiger charge is -2.11. The summed E-state index contributed by atoms with van der Waals surface area (Å²) in [5.74, 6) is 0.114. The van der Waals surface area contributed by atoms with Crippen LogP contribution in [0.4, 0.5) is 5.69 Å². The van der Waals surface area contributed by atoms with Crippen LogP contribution in [0.1, 0.15) is 37.0 Å². The van der Waals surface area contributed by atoms with Crippen molar-refractivity contribution in [3.8, 4) is 5.75 Å². The van der Waals surface area contributed by atoms with Crippen LogP contribution in [-0.2, 0) is 4.79 Å². The molecular weight excluding hydrogens is 244 g/mol. The van der Waals surface area contributed by atoms with Crippen molar-refractivity contribution in [2.24, 2.45) is 0 Å². The lowest BCUT2D eigenvalue weighted by Crippen LogP contribution is -2.25. The molecule has 0 spiro atoms. The molecule has 19 heavy (non-hydrogen) atoms. The van der Waals surface area contributed by atoms with E-state index in [4.69, 9.17) is 4.74 Å². The number of methoxy groups -OCH3 is 1. The third kappa shape index (κ3) is 4.62. The Kier molecular flexibility index (Phi) is 5.85. The zero-order valence-electron chi connectivity index (χ0n) is 11.6. The van der Waals surface area contributed by atoms with Crippen molar-refractivity contribution < 1.29 is 14.3 Å². The summed E-state index contributed by atoms with van der Waals surface area (Å²) in [5.41, 5.74) is 0.999. The van der Waals surface area contributed by atoms with E-state index in [-0.39, 0.29) is 11.8 Å². The fraction of sp³-hybridized carbons (Fsp3) is 0.429. The molecule has 0 saturated heterocycles. The van der Waals surface area contributed by atoms with Crippen molar-refractivity contribution in [2.45, 2.75) is 26.7 Å². The fourth-order valence-corrected chi connectivity index (χ4v) is 1.64. The van der Waals surface area contributed by atoms with E-state index in [9.17, 15) is 9.59 Å². The Labute approximate surface area is 113 Å². The maximum atomic E-state index is 12.0. The SMILES string of the molecule is CCCCNC(=O)c1cc(NC(C)=O)ccc1OC. The molecule has 0 aliphatic heterocycles. The van der Waals surface area contributed by atoms with Gasteiger partial charge in [0.05, 0.1) is 12.7 Å². The summed E-state index contributed by atoms with van der Waals surface area (Å²) in [6, 6.07) is 4.98. The predicted molar refractivity (Wildman–Crippen MR) is 74.5 cm³/mol. The number of nitrogens with one attached hydrogen (secondary N) is 2. The summed E-state index contributed by atoms with van der Waals surface area (Å²) < 4.78 is 5.16. The van der Waals surface area contributed by atoms with E-state index in [0.29, 0.717) is 23.5 Å². The van der Waals surface area contributed by atoms with E-state index in [1.807, 2.05) is 0 Å². The lowest BCUT2D eigenvalue weighted by atomic mass is 10.1. The molecule has 0 aromatic heterocycles. The number of rotatable bonds is 6. The number of ether oxygens (including phenoxy) is 1. The van der Waals surface area contributed by atoms with Crippen LogP contribution in [0.15, 0.2) is 18.2 Å². The zero-order chi connectivity index (χ0) is 14.3. The molecule has 0 bridgehead atoms. The van der Waals surface area contributed by atoms with Crippen LogP contribution in [0, 0.1) is 0 Å². The average Bonchev–Trinajstić information content (AvgIpc) is 2.38. The number of anilines is 1. The molecule has 0 heterocycles. The normalized spacial score (nSPS) is 9.84. The molecule has 104 valence electrons. The van der Waals surface area contributed by atoms with Gasteiger partial charge >= 0.3 is 0 Å². The minimum atomic E-state index is -0.197. The van der Waals surface area contributed by atoms with Crippen LogP contribution < -0.4 is 15.4 Å². The van der Waals surface area contributed by atoms with Crippen LogP contribution in [0.2, 0.25) is 0 Å². The number of hydrogen-bond donors (Lipinski definition) is 2. The highest BCUT2D eigenvalue weighted by molar-refractivity contribution is 5.99. The fourth-order valence-electron chi connectivity index (χ4n) is 1.64. The maximum Gasteiger partial charge on any atom is 0.255 e. The molecule has 0 radical (unpaired) electrons. The second-order valence-electron chi connectivity index (χ2n) is 4.21. The Morgan fingerprint density at radius 3 is 2.63 bits per heavy atom. The van der Waals surface area contributed by atoms with Crippen LogP contribution >= 0.6 is 0 Å². The number of unbranched alkanes of at least 4 members (excludes halogenated alkanes) is 1. The van der Waals surface area contributed by atoms with E-state index in [2.05, 4.69) is 17.6 Å². The number of hydrogen-bond acceptors (Lipinski definition) is 3. The Morgan fingerprint density at radius 1 is 1.32 bits per heavy atom. The van der Waals surface area contributed by atoms with Gasteiger partial charge in [-0.3, -0.25) is 9.59 Å². The number of carbonyl (C=O) groups is 2. The number of benzene rings is 1. The van der Waals surface area contributed by atoms with Crippen molar-refractivity contribution in [1.82, 2.24) is 5.32 Å². The van der Waals surface area contributed by atoms with Gasteiger partial charge in [0.25, 0.3) is 5.91 Å². The zero-order valence-corrected chi connectivity index (χ0v) is 11.6. The van der Waals surface area contributed by atoms with Gasteiger partial charge in [-0.25, -0.2) is 0 Å². The molecule has 0 aliphatic rings. The Balaban J connectivity index is 2.88. The van der Waals surface area contributed by atoms with Gasteiger partial charge in [0.2, 0.25) is 5.91 Å². The van der Waals surface area contributed by atoms with Gasteiger partial charge in [-0.1, -0.05) is 13.3 Å². The summed E-state index contributed by atoms with van der Waals surface area (Å²) in [5, 5.41) is 5.47. The van der Waals surface area contributed by atoms with Crippen molar-refractivity contribution in [3.63, 3.8) is 0 Å². The molecule has 1 aromatic rings. The molecule has 0 fully saturated rings. The third-order valence-electron chi connectivity index (χ3n) is 2.58. The van der Waals surface area contributed by atoms with E-state index >= 15 is 0 Å². The molecule has 1 rings (SSSR count). The second kappa shape index (κ2) is 7.41. The Morgan fingerprint density at radius 2 is 2.05 bits per heavy atom. The highest BCUT2D eigenvalue weighted by Crippen LogP contribution is 2.22. The summed E-state index contributed by atoms with van der Waals surface area (Å²) in [7, 11) is 1.51. The second-order valence-corrected chi connectivity index (χ2v) is 4.21. The summed E-state index contributed by atoms with van der Waals surface area (Å²) in [6.45, 7) is 4.11. The lowest BCUT2D eigenvalue weighted by molar-refractivity contribution is -0.114. The maximum absolute atomic E-state index is 12.0. The quantitative estimate of drug-likeness (QED) is 0.774. The van der Waals surface area contributed by atoms with Gasteiger partial charge in [-0.15, -0.1) is 0 Å². The molecule has 1 aromatic carbocycles. The van der Waals surface area contributed by atoms with Crippen LogP contribution in [0.5, 0.6) is 5.75 Å². The van der Waals surface area contributed by atoms with Crippen molar-refractivity contribution in [2.75, 3.05) is 19.0 Å². The summed E-state index contributed by atoms with van der Waals surface area (Å²) in [4.78, 5) is 23.1. The van der Waals surface area contributed by atoms with Gasteiger partial charge in [0, 0.05) is 19.2 Å². The first kappa shape index (κ1) is 15.0. The van der Waals surface area contributed by atoms with Crippen molar-refractivity contribution >= 4 is 17.5 Å². The first-order valence-corrected chi connectivity index (χ1v) is 6.32. The summed E-state index contributed by atoms with van der Waals surface area (Å²) in [6.07, 6.45) is 1.95. The Hall–Kier alpha value is -2.04. The largest absolute Gasteiger partial charge is 0.496 e. The molecule has 2 N–H and O–H groups in total. The van der Waals surface area contributed by atoms with Gasteiger partial charge in [-0.2, -0.15) is 0 Å². The van der Waals surface area contributed by atoms with Gasteiger partial charge in [-0.05, 0) is 24.6 Å². The minimum absolute atomic E-state index is 0.178. The third-order valence-corrected chi connectivity index (χ3v) is 2.58. The molecule has 5 nitrogen and oxygen atoms in total. The molecule has 2 amide bonds. The van der Waals surface area contributed by atoms with Gasteiger partial charge in [0.15, 0.2) is 0 Å². The van der Waals surface area contributed by atoms with E-state index in [1.54, 1.807) is 18.2 Å². The minimum Gasteiger partial charge on any atom is -0.496 e. The van der Waals surface area contributed by atoms with Crippen molar-refractivity contribution in [1.29, 1.82) is 0 Å². The predicted octanol–water partition coefficient (Wildman–Crippen LogP) is 2.18. The highest BCUT2D eigenvalue weighted by atomic mass is 16.5. The molecule has 5 heteroatoms. The summed E-state index contributed by atoms with van der Waals surface area (Å²) >= 11 is 0. The number of carbonyl (C=O) groups excluding carboxylic acids is 2. The monoisotopic (exact) mass is 264 g/mol. The smallest absolute Gasteiger partial charge is 0.255 e. The highest BCUT2D eigenvalue weighted by Gasteiger charge is 2.13. The van der Waals surface area contributed by atoms with E-state index < -0.39 is 0 Å². The number of amides is 2. The average molecular weight is 264 g/mol. The van der Waals surface area contributed by atoms with Crippen LogP contribution in [-0.4, -0.2) is 25.5 Å². The first-order chi connectivity index (χ1) is 9.08. The van der Waals surface area contributed by atoms with Crippen molar-refractivity contribution in [3.05, 3.63) is 23.8 Å². The first-order valence-electron chi connectivity index (χ1n) is 6.32. The molecule has 0 atom stereocenters. The topological polar surface area (TPSA) is 67.4 Å². The van der Waals surface area contributed by atoms with Gasteiger partial charge < -0.3 is 15.4 Å².